The molecule has 1 aromatic heterocycles. The van der Waals surface area contributed by atoms with Crippen molar-refractivity contribution in [1.82, 2.24) is 0 Å². The summed E-state index contributed by atoms with van der Waals surface area (Å²) in [4.78, 5) is 13.8. The maximum atomic E-state index is 13.1. The Kier molecular flexibility index (Phi) is 6.97. The fourth-order valence-electron chi connectivity index (χ4n) is 3.90. The van der Waals surface area contributed by atoms with Gasteiger partial charge in [-0.05, 0) is 66.4 Å². The molecule has 3 nitrogen and oxygen atoms in total. The van der Waals surface area contributed by atoms with Gasteiger partial charge in [-0.25, -0.2) is 0 Å². The number of rotatable bonds is 5. The van der Waals surface area contributed by atoms with Crippen LogP contribution in [0.4, 0.5) is 0 Å². The average molecular weight is 526 g/mol. The largest absolute Gasteiger partial charge is 0.454 e. The second-order valence-corrected chi connectivity index (χ2v) is 9.78. The average Bonchev–Trinajstić information content (AvgIpc) is 3.30. The summed E-state index contributed by atoms with van der Waals surface area (Å²) in [6.07, 6.45) is 0. The first kappa shape index (κ1) is 24.0. The van der Waals surface area contributed by atoms with Crippen LogP contribution in [0.5, 0.6) is 0 Å². The van der Waals surface area contributed by atoms with Crippen LogP contribution < -0.4 is 0 Å². The Morgan fingerprint density at radius 3 is 1.97 bits per heavy atom. The maximum Gasteiger partial charge on any atom is 0.224 e. The van der Waals surface area contributed by atoms with Gasteiger partial charge in [-0.3, -0.25) is 4.79 Å². The van der Waals surface area contributed by atoms with E-state index in [1.165, 1.54) is 0 Å². The molecule has 5 rings (SSSR count). The van der Waals surface area contributed by atoms with E-state index in [0.29, 0.717) is 43.2 Å². The van der Waals surface area contributed by atoms with Crippen LogP contribution in [-0.2, 0) is 0 Å². The molecule has 36 heavy (non-hydrogen) atoms. The SMILES string of the molecule is N#Cc1c(-c2ccccc2)oc(-c2ccc(Cl)cc2)c1-c1ccccc1SC(=O)c1ccc(Cl)cc1. The smallest absolute Gasteiger partial charge is 0.224 e. The number of hydrogen-bond acceptors (Lipinski definition) is 4. The van der Waals surface area contributed by atoms with Crippen LogP contribution in [0.2, 0.25) is 10.0 Å². The topological polar surface area (TPSA) is 54.0 Å². The third-order valence-corrected chi connectivity index (χ3v) is 7.10. The zero-order valence-corrected chi connectivity index (χ0v) is 21.1. The summed E-state index contributed by atoms with van der Waals surface area (Å²) in [6, 6.07) is 33.4. The third-order valence-electron chi connectivity index (χ3n) is 5.60. The standard InChI is InChI=1S/C30H17Cl2NO2S/c31-22-14-10-20(11-15-22)29-27(25(18-33)28(35-29)19-6-2-1-3-7-19)24-8-4-5-9-26(24)36-30(34)21-12-16-23(32)17-13-21/h1-17H. The molecule has 1 heterocycles. The minimum absolute atomic E-state index is 0.127. The van der Waals surface area contributed by atoms with E-state index < -0.39 is 0 Å². The van der Waals surface area contributed by atoms with Gasteiger partial charge in [-0.1, -0.05) is 71.7 Å². The van der Waals surface area contributed by atoms with Crippen molar-refractivity contribution in [1.29, 1.82) is 5.26 Å². The molecule has 174 valence electrons. The van der Waals surface area contributed by atoms with Crippen LogP contribution in [0, 0.1) is 11.3 Å². The van der Waals surface area contributed by atoms with E-state index in [4.69, 9.17) is 27.6 Å². The van der Waals surface area contributed by atoms with Crippen molar-refractivity contribution in [2.24, 2.45) is 0 Å². The molecule has 0 amide bonds. The van der Waals surface area contributed by atoms with Crippen molar-refractivity contribution < 1.29 is 9.21 Å². The molecule has 5 aromatic rings. The highest BCUT2D eigenvalue weighted by Gasteiger charge is 2.26. The molecule has 0 aliphatic heterocycles. The van der Waals surface area contributed by atoms with Gasteiger partial charge in [0.1, 0.15) is 17.4 Å². The van der Waals surface area contributed by atoms with Crippen LogP contribution >= 0.6 is 35.0 Å². The van der Waals surface area contributed by atoms with Crippen molar-refractivity contribution in [3.05, 3.63) is 124 Å². The quantitative estimate of drug-likeness (QED) is 0.214. The van der Waals surface area contributed by atoms with Gasteiger partial charge in [-0.15, -0.1) is 0 Å². The van der Waals surface area contributed by atoms with Gasteiger partial charge < -0.3 is 4.42 Å². The molecule has 0 aliphatic rings. The summed E-state index contributed by atoms with van der Waals surface area (Å²) < 4.78 is 6.39. The molecule has 0 radical (unpaired) electrons. The Morgan fingerprint density at radius 1 is 0.722 bits per heavy atom. The van der Waals surface area contributed by atoms with Crippen molar-refractivity contribution in [2.75, 3.05) is 0 Å². The van der Waals surface area contributed by atoms with Gasteiger partial charge in [0, 0.05) is 42.8 Å². The van der Waals surface area contributed by atoms with Gasteiger partial charge in [0.05, 0.1) is 0 Å². The van der Waals surface area contributed by atoms with Gasteiger partial charge in [0.2, 0.25) is 5.12 Å². The summed E-state index contributed by atoms with van der Waals surface area (Å²) in [5, 5.41) is 11.3. The second-order valence-electron chi connectivity index (χ2n) is 7.89. The first-order valence-corrected chi connectivity index (χ1v) is 12.6. The molecule has 0 spiro atoms. The minimum atomic E-state index is -0.127. The van der Waals surface area contributed by atoms with E-state index in [1.54, 1.807) is 36.4 Å². The molecule has 0 bridgehead atoms. The van der Waals surface area contributed by atoms with Crippen LogP contribution in [-0.4, -0.2) is 5.12 Å². The van der Waals surface area contributed by atoms with E-state index in [9.17, 15) is 10.1 Å². The number of hydrogen-bond donors (Lipinski definition) is 0. The number of halogens is 2. The monoisotopic (exact) mass is 525 g/mol. The van der Waals surface area contributed by atoms with E-state index >= 15 is 0 Å². The van der Waals surface area contributed by atoms with Crippen molar-refractivity contribution in [2.45, 2.75) is 4.90 Å². The number of furan rings is 1. The number of carbonyl (C=O) groups excluding carboxylic acids is 1. The first-order valence-electron chi connectivity index (χ1n) is 11.0. The number of thioether (sulfide) groups is 1. The third kappa shape index (κ3) is 4.82. The molecule has 0 atom stereocenters. The number of benzene rings is 4. The zero-order chi connectivity index (χ0) is 25.1. The highest BCUT2D eigenvalue weighted by Crippen LogP contribution is 2.46. The van der Waals surface area contributed by atoms with E-state index in [0.717, 1.165) is 28.5 Å². The number of carbonyl (C=O) groups is 1. The Balaban J connectivity index is 1.69. The Bertz CT molecular complexity index is 1590. The number of nitriles is 1. The fraction of sp³-hybridized carbons (Fsp3) is 0. The Labute approximate surface area is 222 Å². The minimum Gasteiger partial charge on any atom is -0.454 e. The Morgan fingerprint density at radius 2 is 1.31 bits per heavy atom. The Hall–Kier alpha value is -3.75. The summed E-state index contributed by atoms with van der Waals surface area (Å²) in [6.45, 7) is 0. The summed E-state index contributed by atoms with van der Waals surface area (Å²) >= 11 is 13.2. The van der Waals surface area contributed by atoms with Crippen LogP contribution in [0.15, 0.2) is 112 Å². The molecule has 0 saturated carbocycles. The molecule has 6 heteroatoms. The number of nitrogens with zero attached hydrogens (tertiary/aromatic N) is 1. The fourth-order valence-corrected chi connectivity index (χ4v) is 5.03. The predicted molar refractivity (Wildman–Crippen MR) is 146 cm³/mol. The summed E-state index contributed by atoms with van der Waals surface area (Å²) in [5.41, 5.74) is 3.87. The van der Waals surface area contributed by atoms with Gasteiger partial charge in [0.15, 0.2) is 5.76 Å². The molecule has 0 unspecified atom stereocenters. The van der Waals surface area contributed by atoms with Gasteiger partial charge >= 0.3 is 0 Å². The molecular formula is C30H17Cl2NO2S. The molecular weight excluding hydrogens is 509 g/mol. The summed E-state index contributed by atoms with van der Waals surface area (Å²) in [7, 11) is 0. The lowest BCUT2D eigenvalue weighted by molar-refractivity contribution is 0.108. The van der Waals surface area contributed by atoms with E-state index in [1.807, 2.05) is 66.7 Å². The molecule has 0 N–H and O–H groups in total. The summed E-state index contributed by atoms with van der Waals surface area (Å²) in [5.74, 6) is 1.01. The van der Waals surface area contributed by atoms with E-state index in [2.05, 4.69) is 6.07 Å². The lowest BCUT2D eigenvalue weighted by atomic mass is 9.96. The van der Waals surface area contributed by atoms with E-state index in [-0.39, 0.29) is 5.12 Å². The highest BCUT2D eigenvalue weighted by molar-refractivity contribution is 8.14. The zero-order valence-electron chi connectivity index (χ0n) is 18.7. The van der Waals surface area contributed by atoms with Crippen molar-refractivity contribution >= 4 is 40.1 Å². The second kappa shape index (κ2) is 10.5. The van der Waals surface area contributed by atoms with Crippen molar-refractivity contribution in [3.8, 4) is 39.8 Å². The highest BCUT2D eigenvalue weighted by atomic mass is 35.5. The predicted octanol–water partition coefficient (Wildman–Crippen LogP) is 9.39. The van der Waals surface area contributed by atoms with Crippen LogP contribution in [0.25, 0.3) is 33.8 Å². The lowest BCUT2D eigenvalue weighted by Crippen LogP contribution is -1.94. The van der Waals surface area contributed by atoms with Gasteiger partial charge in [-0.2, -0.15) is 5.26 Å². The van der Waals surface area contributed by atoms with Crippen LogP contribution in [0.1, 0.15) is 15.9 Å². The molecule has 0 fully saturated rings. The lowest BCUT2D eigenvalue weighted by Gasteiger charge is -2.10. The van der Waals surface area contributed by atoms with Crippen molar-refractivity contribution in [3.63, 3.8) is 0 Å². The van der Waals surface area contributed by atoms with Crippen LogP contribution in [0.3, 0.4) is 0 Å². The molecule has 0 aliphatic carbocycles. The molecule has 0 saturated heterocycles. The normalized spacial score (nSPS) is 10.7. The first-order chi connectivity index (χ1) is 17.5. The van der Waals surface area contributed by atoms with Gasteiger partial charge in [0.25, 0.3) is 0 Å². The maximum absolute atomic E-state index is 13.1. The molecule has 4 aromatic carbocycles.